The lowest BCUT2D eigenvalue weighted by Gasteiger charge is -2.47. The van der Waals surface area contributed by atoms with Gasteiger partial charge in [0.2, 0.25) is 5.82 Å². The van der Waals surface area contributed by atoms with Crippen molar-refractivity contribution in [2.24, 2.45) is 0 Å². The van der Waals surface area contributed by atoms with Gasteiger partial charge >= 0.3 is 0 Å². The van der Waals surface area contributed by atoms with E-state index in [0.717, 1.165) is 25.3 Å². The number of aromatic nitrogens is 2. The largest absolute Gasteiger partial charge is 0.381 e. The summed E-state index contributed by atoms with van der Waals surface area (Å²) in [4.78, 5) is 21.9. The van der Waals surface area contributed by atoms with E-state index in [0.29, 0.717) is 11.9 Å². The zero-order valence-electron chi connectivity index (χ0n) is 10.2. The second kappa shape index (κ2) is 4.51. The molecule has 0 saturated carbocycles. The van der Waals surface area contributed by atoms with Gasteiger partial charge < -0.3 is 9.64 Å². The quantitative estimate of drug-likeness (QED) is 0.792. The lowest BCUT2D eigenvalue weighted by atomic mass is 9.93. The molecule has 0 bridgehead atoms. The highest BCUT2D eigenvalue weighted by Crippen LogP contribution is 2.46. The highest BCUT2D eigenvalue weighted by Gasteiger charge is 2.51. The van der Waals surface area contributed by atoms with Crippen LogP contribution in [0.2, 0.25) is 0 Å². The van der Waals surface area contributed by atoms with E-state index >= 15 is 0 Å². The van der Waals surface area contributed by atoms with Gasteiger partial charge in [0, 0.05) is 38.3 Å². The van der Waals surface area contributed by atoms with Crippen LogP contribution < -0.4 is 0 Å². The summed E-state index contributed by atoms with van der Waals surface area (Å²) in [7, 11) is 1.75. The molecule has 3 heterocycles. The Bertz CT molecular complexity index is 448. The Morgan fingerprint density at radius 3 is 2.83 bits per heavy atom. The van der Waals surface area contributed by atoms with Crippen LogP contribution in [0.4, 0.5) is 0 Å². The van der Waals surface area contributed by atoms with E-state index in [1.807, 2.05) is 16.7 Å². The Hall–Kier alpha value is -1.14. The summed E-state index contributed by atoms with van der Waals surface area (Å²) in [5.41, 5.74) is 0. The van der Waals surface area contributed by atoms with Gasteiger partial charge in [-0.2, -0.15) is 0 Å². The van der Waals surface area contributed by atoms with E-state index in [4.69, 9.17) is 4.74 Å². The molecule has 1 atom stereocenters. The molecule has 1 spiro atoms. The van der Waals surface area contributed by atoms with Crippen molar-refractivity contribution >= 4 is 17.7 Å². The summed E-state index contributed by atoms with van der Waals surface area (Å²) in [6, 6.07) is 1.71. The van der Waals surface area contributed by atoms with Crippen molar-refractivity contribution in [1.29, 1.82) is 0 Å². The highest BCUT2D eigenvalue weighted by atomic mass is 32.2. The van der Waals surface area contributed by atoms with Crippen LogP contribution in [-0.4, -0.2) is 57.6 Å². The molecule has 2 saturated heterocycles. The molecule has 1 amide bonds. The molecule has 6 heteroatoms. The molecule has 2 aliphatic heterocycles. The second-order valence-corrected chi connectivity index (χ2v) is 6.28. The van der Waals surface area contributed by atoms with Crippen LogP contribution in [0.1, 0.15) is 17.0 Å². The van der Waals surface area contributed by atoms with Gasteiger partial charge in [0.15, 0.2) is 0 Å². The van der Waals surface area contributed by atoms with E-state index in [2.05, 4.69) is 9.97 Å². The maximum Gasteiger partial charge on any atom is 0.291 e. The summed E-state index contributed by atoms with van der Waals surface area (Å²) in [5.74, 6) is 1.25. The number of hydrogen-bond donors (Lipinski definition) is 0. The molecule has 3 rings (SSSR count). The van der Waals surface area contributed by atoms with Crippen LogP contribution >= 0.6 is 11.8 Å². The first-order valence-electron chi connectivity index (χ1n) is 5.95. The summed E-state index contributed by atoms with van der Waals surface area (Å²) in [5, 5.41) is 0. The number of likely N-dealkylation sites (tertiary alicyclic amines) is 1. The van der Waals surface area contributed by atoms with Crippen molar-refractivity contribution in [3.05, 3.63) is 24.3 Å². The Kier molecular flexibility index (Phi) is 2.99. The Balaban J connectivity index is 1.61. The maximum atomic E-state index is 12.1. The average molecular weight is 265 g/mol. The van der Waals surface area contributed by atoms with Crippen LogP contribution in [0.3, 0.4) is 0 Å². The van der Waals surface area contributed by atoms with Crippen LogP contribution in [0, 0.1) is 0 Å². The van der Waals surface area contributed by atoms with Gasteiger partial charge in [-0.05, 0) is 12.5 Å². The SMILES string of the molecule is CO[C@H]1CSC2(C1)CN(C(=O)c1ncccn1)C2. The molecular formula is C12H15N3O2S. The number of nitrogens with zero attached hydrogens (tertiary/aromatic N) is 3. The number of ether oxygens (including phenoxy) is 1. The van der Waals surface area contributed by atoms with Crippen molar-refractivity contribution in [2.45, 2.75) is 17.3 Å². The molecule has 96 valence electrons. The smallest absolute Gasteiger partial charge is 0.291 e. The number of rotatable bonds is 2. The monoisotopic (exact) mass is 265 g/mol. The first-order chi connectivity index (χ1) is 8.72. The minimum Gasteiger partial charge on any atom is -0.381 e. The zero-order chi connectivity index (χ0) is 12.6. The normalized spacial score (nSPS) is 25.2. The van der Waals surface area contributed by atoms with Crippen molar-refractivity contribution in [3.63, 3.8) is 0 Å². The zero-order valence-corrected chi connectivity index (χ0v) is 11.0. The molecule has 1 aromatic heterocycles. The van der Waals surface area contributed by atoms with Gasteiger partial charge in [-0.25, -0.2) is 9.97 Å². The number of carbonyl (C=O) groups is 1. The predicted octanol–water partition coefficient (Wildman–Crippen LogP) is 0.823. The third kappa shape index (κ3) is 1.99. The summed E-state index contributed by atoms with van der Waals surface area (Å²) in [6.07, 6.45) is 4.57. The van der Waals surface area contributed by atoms with Gasteiger partial charge in [-0.1, -0.05) is 0 Å². The van der Waals surface area contributed by atoms with E-state index < -0.39 is 0 Å². The number of amides is 1. The fourth-order valence-corrected chi connectivity index (χ4v) is 4.11. The average Bonchev–Trinajstić information content (AvgIpc) is 2.82. The van der Waals surface area contributed by atoms with Crippen molar-refractivity contribution < 1.29 is 9.53 Å². The number of carbonyl (C=O) groups excluding carboxylic acids is 1. The van der Waals surface area contributed by atoms with E-state index in [1.54, 1.807) is 25.6 Å². The van der Waals surface area contributed by atoms with Gasteiger partial charge in [-0.15, -0.1) is 11.8 Å². The predicted molar refractivity (Wildman–Crippen MR) is 68.5 cm³/mol. The molecular weight excluding hydrogens is 250 g/mol. The first kappa shape index (κ1) is 11.9. The minimum atomic E-state index is -0.0670. The summed E-state index contributed by atoms with van der Waals surface area (Å²) in [6.45, 7) is 1.57. The standard InChI is InChI=1S/C12H15N3O2S/c1-17-9-5-12(18-6-9)7-15(8-12)11(16)10-13-3-2-4-14-10/h2-4,9H,5-8H2,1H3/t9-/m1/s1. The molecule has 1 aromatic rings. The van der Waals surface area contributed by atoms with Crippen LogP contribution in [0.25, 0.3) is 0 Å². The molecule has 2 fully saturated rings. The highest BCUT2D eigenvalue weighted by molar-refractivity contribution is 8.01. The van der Waals surface area contributed by atoms with Gasteiger partial charge in [-0.3, -0.25) is 4.79 Å². The van der Waals surface area contributed by atoms with Crippen LogP contribution in [-0.2, 0) is 4.74 Å². The van der Waals surface area contributed by atoms with E-state index in [1.165, 1.54) is 0 Å². The summed E-state index contributed by atoms with van der Waals surface area (Å²) < 4.78 is 5.59. The first-order valence-corrected chi connectivity index (χ1v) is 6.94. The maximum absolute atomic E-state index is 12.1. The van der Waals surface area contributed by atoms with Crippen LogP contribution in [0.15, 0.2) is 18.5 Å². The molecule has 0 aliphatic carbocycles. The molecule has 0 radical (unpaired) electrons. The van der Waals surface area contributed by atoms with Gasteiger partial charge in [0.25, 0.3) is 5.91 Å². The summed E-state index contributed by atoms with van der Waals surface area (Å²) >= 11 is 1.92. The fraction of sp³-hybridized carbons (Fsp3) is 0.583. The third-order valence-electron chi connectivity index (χ3n) is 3.51. The molecule has 5 nitrogen and oxygen atoms in total. The molecule has 18 heavy (non-hydrogen) atoms. The van der Waals surface area contributed by atoms with E-state index in [-0.39, 0.29) is 10.7 Å². The van der Waals surface area contributed by atoms with Crippen molar-refractivity contribution in [2.75, 3.05) is 26.0 Å². The van der Waals surface area contributed by atoms with Crippen molar-refractivity contribution in [3.8, 4) is 0 Å². The lowest BCUT2D eigenvalue weighted by molar-refractivity contribution is 0.0441. The van der Waals surface area contributed by atoms with E-state index in [9.17, 15) is 4.79 Å². The second-order valence-electron chi connectivity index (χ2n) is 4.79. The molecule has 0 unspecified atom stereocenters. The molecule has 0 aromatic carbocycles. The topological polar surface area (TPSA) is 55.3 Å². The molecule has 0 N–H and O–H groups in total. The van der Waals surface area contributed by atoms with Crippen molar-refractivity contribution in [1.82, 2.24) is 14.9 Å². The fourth-order valence-electron chi connectivity index (χ4n) is 2.52. The Morgan fingerprint density at radius 2 is 2.22 bits per heavy atom. The Morgan fingerprint density at radius 1 is 1.50 bits per heavy atom. The van der Waals surface area contributed by atoms with Gasteiger partial charge in [0.1, 0.15) is 0 Å². The number of thioether (sulfide) groups is 1. The molecule has 2 aliphatic rings. The van der Waals surface area contributed by atoms with Crippen LogP contribution in [0.5, 0.6) is 0 Å². The third-order valence-corrected chi connectivity index (χ3v) is 5.09. The Labute approximate surface area is 110 Å². The number of methoxy groups -OCH3 is 1. The lowest BCUT2D eigenvalue weighted by Crippen LogP contribution is -2.61. The minimum absolute atomic E-state index is 0.0670. The number of hydrogen-bond acceptors (Lipinski definition) is 5. The van der Waals surface area contributed by atoms with Gasteiger partial charge in [0.05, 0.1) is 10.9 Å².